The van der Waals surface area contributed by atoms with Crippen LogP contribution in [0.3, 0.4) is 0 Å². The number of hydrogen-bond donors (Lipinski definition) is 0. The molecular formula is C31H32F2N5O3-. The minimum Gasteiger partial charge on any atom is -0.550 e. The van der Waals surface area contributed by atoms with E-state index >= 15 is 4.39 Å². The molecule has 4 heterocycles. The van der Waals surface area contributed by atoms with Crippen molar-refractivity contribution in [2.24, 2.45) is 5.92 Å². The van der Waals surface area contributed by atoms with Crippen molar-refractivity contribution in [1.82, 2.24) is 14.9 Å². The first kappa shape index (κ1) is 28.4. The summed E-state index contributed by atoms with van der Waals surface area (Å²) in [5.74, 6) is -2.26. The lowest BCUT2D eigenvalue weighted by atomic mass is 9.92. The number of carbonyl (C=O) groups is 1. The lowest BCUT2D eigenvalue weighted by Gasteiger charge is -2.33. The summed E-state index contributed by atoms with van der Waals surface area (Å²) >= 11 is 0. The van der Waals surface area contributed by atoms with Gasteiger partial charge in [-0.05, 0) is 70.0 Å². The van der Waals surface area contributed by atoms with Crippen LogP contribution >= 0.6 is 0 Å². The van der Waals surface area contributed by atoms with Crippen molar-refractivity contribution in [3.8, 4) is 23.1 Å². The van der Waals surface area contributed by atoms with Gasteiger partial charge in [-0.3, -0.25) is 9.88 Å². The topological polar surface area (TPSA) is 105 Å². The van der Waals surface area contributed by atoms with Crippen LogP contribution in [0.25, 0.3) is 11.3 Å². The van der Waals surface area contributed by atoms with Gasteiger partial charge in [0.25, 0.3) is 0 Å². The number of pyridine rings is 2. The van der Waals surface area contributed by atoms with Crippen molar-refractivity contribution < 1.29 is 23.4 Å². The standard InChI is InChI=1S/C31H33F2N5O3/c1-20-23(5-6-27(35-20)21-7-12-37(13-8-21)16-11-34)19-41-30-25(17-24(32)18-26(30)33)28-3-2-4-29(36-28)38-14-9-22(10-15-38)31(39)40/h2-6,17-18,21-22H,7-10,12-16,19H2,1H3,(H,39,40)/p-1. The third kappa shape index (κ3) is 6.63. The van der Waals surface area contributed by atoms with Crippen LogP contribution in [-0.2, 0) is 11.4 Å². The number of nitrogens with zero attached hydrogens (tertiary/aromatic N) is 5. The van der Waals surface area contributed by atoms with Gasteiger partial charge in [-0.2, -0.15) is 5.26 Å². The summed E-state index contributed by atoms with van der Waals surface area (Å²) in [6.45, 7) is 5.11. The molecule has 0 saturated carbocycles. The maximum absolute atomic E-state index is 15.1. The summed E-state index contributed by atoms with van der Waals surface area (Å²) in [7, 11) is 0. The summed E-state index contributed by atoms with van der Waals surface area (Å²) < 4.78 is 35.4. The highest BCUT2D eigenvalue weighted by atomic mass is 19.1. The molecule has 5 rings (SSSR count). The number of aromatic nitrogens is 2. The molecule has 0 bridgehead atoms. The highest BCUT2D eigenvalue weighted by Gasteiger charge is 2.24. The Bertz CT molecular complexity index is 1440. The van der Waals surface area contributed by atoms with Crippen molar-refractivity contribution in [3.05, 3.63) is 71.1 Å². The number of rotatable bonds is 8. The van der Waals surface area contributed by atoms with Crippen LogP contribution in [0.5, 0.6) is 5.75 Å². The number of piperidine rings is 2. The van der Waals surface area contributed by atoms with E-state index in [4.69, 9.17) is 15.0 Å². The number of aliphatic carboxylic acids is 1. The van der Waals surface area contributed by atoms with Crippen LogP contribution < -0.4 is 14.7 Å². The Morgan fingerprint density at radius 3 is 2.51 bits per heavy atom. The fourth-order valence-corrected chi connectivity index (χ4v) is 5.62. The average molecular weight is 561 g/mol. The Morgan fingerprint density at radius 1 is 1.07 bits per heavy atom. The second kappa shape index (κ2) is 12.6. The largest absolute Gasteiger partial charge is 0.550 e. The smallest absolute Gasteiger partial charge is 0.168 e. The molecule has 0 atom stereocenters. The van der Waals surface area contributed by atoms with Crippen molar-refractivity contribution in [2.45, 2.75) is 45.1 Å². The fraction of sp³-hybridized carbons (Fsp3) is 0.419. The third-order valence-electron chi connectivity index (χ3n) is 8.06. The molecule has 2 aliphatic heterocycles. The van der Waals surface area contributed by atoms with Gasteiger partial charge < -0.3 is 19.5 Å². The zero-order valence-electron chi connectivity index (χ0n) is 23.0. The number of ether oxygens (including phenoxy) is 1. The van der Waals surface area contributed by atoms with Crippen LogP contribution in [0.15, 0.2) is 42.5 Å². The number of carbonyl (C=O) groups excluding carboxylic acids is 1. The molecule has 214 valence electrons. The van der Waals surface area contributed by atoms with Gasteiger partial charge >= 0.3 is 0 Å². The number of hydrogen-bond acceptors (Lipinski definition) is 8. The van der Waals surface area contributed by atoms with E-state index in [1.165, 1.54) is 6.07 Å². The van der Waals surface area contributed by atoms with Gasteiger partial charge in [0.2, 0.25) is 0 Å². The third-order valence-corrected chi connectivity index (χ3v) is 8.06. The van der Waals surface area contributed by atoms with Crippen molar-refractivity contribution in [2.75, 3.05) is 37.6 Å². The molecule has 2 aromatic heterocycles. The van der Waals surface area contributed by atoms with E-state index in [0.717, 1.165) is 48.9 Å². The quantitative estimate of drug-likeness (QED) is 0.381. The number of halogens is 2. The maximum atomic E-state index is 15.1. The van der Waals surface area contributed by atoms with E-state index in [2.05, 4.69) is 16.0 Å². The minimum atomic E-state index is -1.04. The van der Waals surface area contributed by atoms with Crippen LogP contribution in [0.4, 0.5) is 14.6 Å². The van der Waals surface area contributed by atoms with Gasteiger partial charge in [0.05, 0.1) is 18.3 Å². The first-order valence-corrected chi connectivity index (χ1v) is 13.9. The van der Waals surface area contributed by atoms with E-state index in [1.54, 1.807) is 18.2 Å². The number of anilines is 1. The van der Waals surface area contributed by atoms with Crippen molar-refractivity contribution >= 4 is 11.8 Å². The Labute approximate surface area is 238 Å². The predicted molar refractivity (Wildman–Crippen MR) is 147 cm³/mol. The summed E-state index contributed by atoms with van der Waals surface area (Å²) in [5, 5.41) is 20.1. The van der Waals surface area contributed by atoms with E-state index < -0.39 is 23.5 Å². The number of benzene rings is 1. The molecule has 0 unspecified atom stereocenters. The highest BCUT2D eigenvalue weighted by molar-refractivity contribution is 5.70. The minimum absolute atomic E-state index is 0.0473. The molecule has 0 spiro atoms. The number of aryl methyl sites for hydroxylation is 1. The van der Waals surface area contributed by atoms with Gasteiger partial charge in [-0.1, -0.05) is 12.1 Å². The molecular weight excluding hydrogens is 528 g/mol. The van der Waals surface area contributed by atoms with E-state index in [0.29, 0.717) is 49.9 Å². The molecule has 0 N–H and O–H groups in total. The van der Waals surface area contributed by atoms with E-state index in [1.807, 2.05) is 24.0 Å². The second-order valence-corrected chi connectivity index (χ2v) is 10.7. The van der Waals surface area contributed by atoms with Gasteiger partial charge in [-0.15, -0.1) is 0 Å². The normalized spacial score (nSPS) is 16.9. The number of carboxylic acid groups (broad SMARTS) is 1. The summed E-state index contributed by atoms with van der Waals surface area (Å²) in [6, 6.07) is 13.3. The average Bonchev–Trinajstić information content (AvgIpc) is 2.97. The van der Waals surface area contributed by atoms with E-state index in [-0.39, 0.29) is 17.9 Å². The predicted octanol–water partition coefficient (Wildman–Crippen LogP) is 3.98. The molecule has 3 aromatic rings. The lowest BCUT2D eigenvalue weighted by molar-refractivity contribution is -0.312. The SMILES string of the molecule is Cc1nc(C2CCN(CC#N)CC2)ccc1COc1c(F)cc(F)cc1-c1cccc(N2CCC(C(=O)[O-])CC2)n1. The Hall–Kier alpha value is -4.10. The Balaban J connectivity index is 1.31. The zero-order chi connectivity index (χ0) is 28.9. The fourth-order valence-electron chi connectivity index (χ4n) is 5.62. The molecule has 8 nitrogen and oxygen atoms in total. The summed E-state index contributed by atoms with van der Waals surface area (Å²) in [4.78, 5) is 24.8. The van der Waals surface area contributed by atoms with Crippen LogP contribution in [-0.4, -0.2) is 53.6 Å². The lowest BCUT2D eigenvalue weighted by Crippen LogP contribution is -2.41. The van der Waals surface area contributed by atoms with Crippen LogP contribution in [0.2, 0.25) is 0 Å². The Kier molecular flexibility index (Phi) is 8.74. The summed E-state index contributed by atoms with van der Waals surface area (Å²) in [5.41, 5.74) is 3.13. The summed E-state index contributed by atoms with van der Waals surface area (Å²) in [6.07, 6.45) is 2.78. The number of nitriles is 1. The van der Waals surface area contributed by atoms with Crippen LogP contribution in [0, 0.1) is 35.8 Å². The molecule has 0 amide bonds. The molecule has 41 heavy (non-hydrogen) atoms. The van der Waals surface area contributed by atoms with Crippen LogP contribution in [0.1, 0.15) is 48.6 Å². The monoisotopic (exact) mass is 560 g/mol. The molecule has 2 saturated heterocycles. The molecule has 2 fully saturated rings. The Morgan fingerprint density at radius 2 is 1.83 bits per heavy atom. The molecule has 0 aliphatic carbocycles. The molecule has 0 radical (unpaired) electrons. The van der Waals surface area contributed by atoms with Gasteiger partial charge in [0, 0.05) is 59.5 Å². The number of likely N-dealkylation sites (tertiary alicyclic amines) is 1. The van der Waals surface area contributed by atoms with Gasteiger partial charge in [0.1, 0.15) is 18.2 Å². The molecule has 1 aromatic carbocycles. The molecule has 10 heteroatoms. The van der Waals surface area contributed by atoms with Gasteiger partial charge in [0.15, 0.2) is 11.6 Å². The first-order chi connectivity index (χ1) is 19.8. The highest BCUT2D eigenvalue weighted by Crippen LogP contribution is 2.35. The second-order valence-electron chi connectivity index (χ2n) is 10.7. The van der Waals surface area contributed by atoms with E-state index in [9.17, 15) is 14.3 Å². The number of carboxylic acids is 1. The first-order valence-electron chi connectivity index (χ1n) is 13.9. The maximum Gasteiger partial charge on any atom is 0.168 e. The van der Waals surface area contributed by atoms with Crippen molar-refractivity contribution in [1.29, 1.82) is 5.26 Å². The van der Waals surface area contributed by atoms with Gasteiger partial charge in [-0.25, -0.2) is 13.8 Å². The molecule has 2 aliphatic rings. The van der Waals surface area contributed by atoms with Crippen molar-refractivity contribution in [3.63, 3.8) is 0 Å². The zero-order valence-corrected chi connectivity index (χ0v) is 23.0.